The van der Waals surface area contributed by atoms with Gasteiger partial charge in [0, 0.05) is 11.1 Å². The molecular weight excluding hydrogens is 336 g/mol. The summed E-state index contributed by atoms with van der Waals surface area (Å²) < 4.78 is 6.11. The topological polar surface area (TPSA) is 13.1 Å². The van der Waals surface area contributed by atoms with Gasteiger partial charge in [0.15, 0.2) is 5.76 Å². The van der Waals surface area contributed by atoms with E-state index in [1.807, 2.05) is 12.3 Å². The molecule has 0 bridgehead atoms. The maximum absolute atomic E-state index is 6.11. The van der Waals surface area contributed by atoms with Gasteiger partial charge in [-0.3, -0.25) is 0 Å². The number of benzene rings is 3. The smallest absolute Gasteiger partial charge is 0.152 e. The van der Waals surface area contributed by atoms with Gasteiger partial charge in [0.05, 0.1) is 11.1 Å². The van der Waals surface area contributed by atoms with Crippen molar-refractivity contribution < 1.29 is 4.42 Å². The molecule has 124 valence electrons. The van der Waals surface area contributed by atoms with Gasteiger partial charge in [-0.1, -0.05) is 78.9 Å². The number of thiophene rings is 1. The van der Waals surface area contributed by atoms with E-state index >= 15 is 0 Å². The Morgan fingerprint density at radius 3 is 2.31 bits per heavy atom. The van der Waals surface area contributed by atoms with E-state index in [0.717, 1.165) is 21.8 Å². The van der Waals surface area contributed by atoms with Gasteiger partial charge in [-0.2, -0.15) is 0 Å². The Morgan fingerprint density at radius 2 is 1.46 bits per heavy atom. The summed E-state index contributed by atoms with van der Waals surface area (Å²) in [5.74, 6) is 0.940. The Balaban J connectivity index is 1.85. The first-order chi connectivity index (χ1) is 12.9. The van der Waals surface area contributed by atoms with E-state index in [2.05, 4.69) is 84.2 Å². The fraction of sp³-hybridized carbons (Fsp3) is 0. The van der Waals surface area contributed by atoms with Crippen LogP contribution in [0.25, 0.3) is 43.7 Å². The molecule has 0 spiro atoms. The zero-order chi connectivity index (χ0) is 17.3. The first kappa shape index (κ1) is 15.2. The van der Waals surface area contributed by atoms with Crippen LogP contribution in [0.5, 0.6) is 0 Å². The van der Waals surface area contributed by atoms with Crippen LogP contribution in [0.15, 0.2) is 101 Å². The summed E-state index contributed by atoms with van der Waals surface area (Å²) >= 11 is 1.71. The summed E-state index contributed by atoms with van der Waals surface area (Å²) in [4.78, 5) is 1.15. The molecule has 0 aliphatic carbocycles. The summed E-state index contributed by atoms with van der Waals surface area (Å²) in [5.41, 5.74) is 4.67. The van der Waals surface area contributed by atoms with Crippen molar-refractivity contribution in [1.82, 2.24) is 0 Å². The van der Waals surface area contributed by atoms with Crippen molar-refractivity contribution in [2.75, 3.05) is 0 Å². The van der Waals surface area contributed by atoms with Crippen LogP contribution < -0.4 is 0 Å². The number of hydrogen-bond acceptors (Lipinski definition) is 2. The minimum absolute atomic E-state index is 0.940. The Labute approximate surface area is 156 Å². The van der Waals surface area contributed by atoms with Crippen LogP contribution >= 0.6 is 11.3 Å². The lowest BCUT2D eigenvalue weighted by Gasteiger charge is -2.10. The molecule has 0 N–H and O–H groups in total. The first-order valence-electron chi connectivity index (χ1n) is 8.61. The number of furan rings is 1. The first-order valence-corrected chi connectivity index (χ1v) is 9.49. The van der Waals surface area contributed by atoms with Gasteiger partial charge in [-0.15, -0.1) is 11.3 Å². The SMILES string of the molecule is c1ccc(-c2coc(-c3cccs3)c2-c2cccc3ccccc23)cc1. The maximum Gasteiger partial charge on any atom is 0.152 e. The Hall–Kier alpha value is -3.10. The molecule has 0 fully saturated rings. The average Bonchev–Trinajstić information content (AvgIpc) is 3.38. The van der Waals surface area contributed by atoms with Gasteiger partial charge in [0.1, 0.15) is 0 Å². The third-order valence-corrected chi connectivity index (χ3v) is 5.55. The van der Waals surface area contributed by atoms with Crippen LogP contribution in [0, 0.1) is 0 Å². The molecule has 0 saturated heterocycles. The van der Waals surface area contributed by atoms with Gasteiger partial charge in [0.2, 0.25) is 0 Å². The van der Waals surface area contributed by atoms with Crippen LogP contribution in [0.2, 0.25) is 0 Å². The fourth-order valence-electron chi connectivity index (χ4n) is 3.49. The summed E-state index contributed by atoms with van der Waals surface area (Å²) in [6.07, 6.45) is 1.89. The van der Waals surface area contributed by atoms with Crippen LogP contribution in [0.3, 0.4) is 0 Å². The second-order valence-corrected chi connectivity index (χ2v) is 7.17. The molecule has 0 aliphatic rings. The van der Waals surface area contributed by atoms with Gasteiger partial charge < -0.3 is 4.42 Å². The van der Waals surface area contributed by atoms with E-state index in [1.54, 1.807) is 11.3 Å². The molecule has 3 aromatic carbocycles. The zero-order valence-corrected chi connectivity index (χ0v) is 14.9. The lowest BCUT2D eigenvalue weighted by atomic mass is 9.92. The molecule has 0 aliphatic heterocycles. The summed E-state index contributed by atoms with van der Waals surface area (Å²) in [7, 11) is 0. The molecule has 5 aromatic rings. The van der Waals surface area contributed by atoms with E-state index in [1.165, 1.54) is 21.9 Å². The molecule has 1 nitrogen and oxygen atoms in total. The van der Waals surface area contributed by atoms with Gasteiger partial charge in [0.25, 0.3) is 0 Å². The van der Waals surface area contributed by atoms with E-state index in [9.17, 15) is 0 Å². The van der Waals surface area contributed by atoms with Crippen LogP contribution in [-0.2, 0) is 0 Å². The van der Waals surface area contributed by atoms with Crippen molar-refractivity contribution in [2.45, 2.75) is 0 Å². The van der Waals surface area contributed by atoms with E-state index in [0.29, 0.717) is 0 Å². The van der Waals surface area contributed by atoms with E-state index in [-0.39, 0.29) is 0 Å². The quantitative estimate of drug-likeness (QED) is 0.328. The normalized spacial score (nSPS) is 11.1. The highest BCUT2D eigenvalue weighted by Gasteiger charge is 2.20. The fourth-order valence-corrected chi connectivity index (χ4v) is 4.21. The molecule has 26 heavy (non-hydrogen) atoms. The molecule has 2 heteroatoms. The number of hydrogen-bond donors (Lipinski definition) is 0. The van der Waals surface area contributed by atoms with Crippen LogP contribution in [0.1, 0.15) is 0 Å². The predicted octanol–water partition coefficient (Wildman–Crippen LogP) is 7.50. The molecule has 0 atom stereocenters. The summed E-state index contributed by atoms with van der Waals surface area (Å²) in [6, 6.07) is 29.6. The predicted molar refractivity (Wildman–Crippen MR) is 110 cm³/mol. The second-order valence-electron chi connectivity index (χ2n) is 6.22. The molecule has 0 amide bonds. The lowest BCUT2D eigenvalue weighted by molar-refractivity contribution is 0.585. The van der Waals surface area contributed by atoms with Crippen molar-refractivity contribution >= 4 is 22.1 Å². The van der Waals surface area contributed by atoms with Crippen molar-refractivity contribution in [3.63, 3.8) is 0 Å². The zero-order valence-electron chi connectivity index (χ0n) is 14.1. The highest BCUT2D eigenvalue weighted by Crippen LogP contribution is 2.45. The van der Waals surface area contributed by atoms with Crippen molar-refractivity contribution in [1.29, 1.82) is 0 Å². The van der Waals surface area contributed by atoms with Gasteiger partial charge >= 0.3 is 0 Å². The molecule has 2 heterocycles. The second kappa shape index (κ2) is 6.32. The molecule has 0 radical (unpaired) electrons. The van der Waals surface area contributed by atoms with Crippen molar-refractivity contribution in [3.05, 3.63) is 96.6 Å². The molecule has 5 rings (SSSR count). The molecule has 2 aromatic heterocycles. The third-order valence-electron chi connectivity index (χ3n) is 4.68. The Kier molecular flexibility index (Phi) is 3.69. The monoisotopic (exact) mass is 352 g/mol. The number of fused-ring (bicyclic) bond motifs is 1. The summed E-state index contributed by atoms with van der Waals surface area (Å²) in [5, 5.41) is 4.57. The Morgan fingerprint density at radius 1 is 0.654 bits per heavy atom. The van der Waals surface area contributed by atoms with Gasteiger partial charge in [-0.05, 0) is 33.3 Å². The Bertz CT molecular complexity index is 1160. The van der Waals surface area contributed by atoms with Crippen LogP contribution in [0.4, 0.5) is 0 Å². The maximum atomic E-state index is 6.11. The molecular formula is C24H16OS. The highest BCUT2D eigenvalue weighted by atomic mass is 32.1. The molecule has 0 unspecified atom stereocenters. The average molecular weight is 352 g/mol. The van der Waals surface area contributed by atoms with Crippen molar-refractivity contribution in [2.24, 2.45) is 0 Å². The largest absolute Gasteiger partial charge is 0.462 e. The van der Waals surface area contributed by atoms with Crippen LogP contribution in [-0.4, -0.2) is 0 Å². The third kappa shape index (κ3) is 2.47. The molecule has 0 saturated carbocycles. The van der Waals surface area contributed by atoms with E-state index in [4.69, 9.17) is 4.42 Å². The minimum Gasteiger partial charge on any atom is -0.462 e. The van der Waals surface area contributed by atoms with Crippen molar-refractivity contribution in [3.8, 4) is 32.9 Å². The minimum atomic E-state index is 0.940. The highest BCUT2D eigenvalue weighted by molar-refractivity contribution is 7.13. The summed E-state index contributed by atoms with van der Waals surface area (Å²) in [6.45, 7) is 0. The van der Waals surface area contributed by atoms with E-state index < -0.39 is 0 Å². The standard InChI is InChI=1S/C24H16OS/c1-2-8-18(9-3-1)21-16-25-24(22-14-7-15-26-22)23(21)20-13-6-11-17-10-4-5-12-19(17)20/h1-16H. The van der Waals surface area contributed by atoms with Gasteiger partial charge in [-0.25, -0.2) is 0 Å². The lowest BCUT2D eigenvalue weighted by Crippen LogP contribution is -1.85. The number of rotatable bonds is 3.